The van der Waals surface area contributed by atoms with Crippen LogP contribution in [0.2, 0.25) is 0 Å². The van der Waals surface area contributed by atoms with Gasteiger partial charge in [0.05, 0.1) is 0 Å². The predicted molar refractivity (Wildman–Crippen MR) is 90.2 cm³/mol. The maximum Gasteiger partial charge on any atom is 0.255 e. The molecule has 0 aliphatic carbocycles. The SMILES string of the molecule is O=C(Nc1ccc(N2CCCCC2)cc1)c1ccc(O)c(O)c1. The molecule has 0 radical (unpaired) electrons. The van der Waals surface area contributed by atoms with Crippen molar-refractivity contribution in [2.75, 3.05) is 23.3 Å². The third-order valence-electron chi connectivity index (χ3n) is 4.08. The number of hydrogen-bond donors (Lipinski definition) is 3. The summed E-state index contributed by atoms with van der Waals surface area (Å²) in [5, 5.41) is 21.5. The van der Waals surface area contributed by atoms with Gasteiger partial charge in [-0.2, -0.15) is 0 Å². The maximum atomic E-state index is 12.1. The lowest BCUT2D eigenvalue weighted by Gasteiger charge is -2.28. The van der Waals surface area contributed by atoms with Crippen molar-refractivity contribution in [3.63, 3.8) is 0 Å². The van der Waals surface area contributed by atoms with Gasteiger partial charge in [-0.3, -0.25) is 4.79 Å². The number of piperidine rings is 1. The molecule has 2 aromatic carbocycles. The minimum atomic E-state index is -0.328. The van der Waals surface area contributed by atoms with Crippen molar-refractivity contribution >= 4 is 17.3 Å². The fourth-order valence-corrected chi connectivity index (χ4v) is 2.78. The van der Waals surface area contributed by atoms with Crippen LogP contribution < -0.4 is 10.2 Å². The van der Waals surface area contributed by atoms with Gasteiger partial charge in [0.25, 0.3) is 5.91 Å². The van der Waals surface area contributed by atoms with Gasteiger partial charge in [-0.15, -0.1) is 0 Å². The quantitative estimate of drug-likeness (QED) is 0.760. The second-order valence-corrected chi connectivity index (χ2v) is 5.75. The lowest BCUT2D eigenvalue weighted by molar-refractivity contribution is 0.102. The molecule has 0 unspecified atom stereocenters. The van der Waals surface area contributed by atoms with Crippen molar-refractivity contribution in [2.24, 2.45) is 0 Å². The van der Waals surface area contributed by atoms with E-state index in [1.54, 1.807) is 0 Å². The first kappa shape index (κ1) is 15.2. The molecule has 3 N–H and O–H groups in total. The van der Waals surface area contributed by atoms with E-state index in [0.717, 1.165) is 13.1 Å². The Morgan fingerprint density at radius 1 is 0.913 bits per heavy atom. The predicted octanol–water partition coefficient (Wildman–Crippen LogP) is 3.34. The molecule has 1 amide bonds. The van der Waals surface area contributed by atoms with Crippen LogP contribution in [0.1, 0.15) is 29.6 Å². The van der Waals surface area contributed by atoms with Crippen LogP contribution in [0.4, 0.5) is 11.4 Å². The van der Waals surface area contributed by atoms with E-state index >= 15 is 0 Å². The first-order valence-corrected chi connectivity index (χ1v) is 7.82. The molecule has 0 spiro atoms. The fraction of sp³-hybridized carbons (Fsp3) is 0.278. The number of carbonyl (C=O) groups is 1. The molecule has 3 rings (SSSR count). The van der Waals surface area contributed by atoms with Crippen molar-refractivity contribution in [2.45, 2.75) is 19.3 Å². The van der Waals surface area contributed by atoms with Gasteiger partial charge < -0.3 is 20.4 Å². The molecule has 1 aliphatic rings. The molecule has 2 aromatic rings. The smallest absolute Gasteiger partial charge is 0.255 e. The van der Waals surface area contributed by atoms with Gasteiger partial charge in [0.1, 0.15) is 0 Å². The highest BCUT2D eigenvalue weighted by Gasteiger charge is 2.12. The van der Waals surface area contributed by atoms with Gasteiger partial charge >= 0.3 is 0 Å². The first-order valence-electron chi connectivity index (χ1n) is 7.82. The summed E-state index contributed by atoms with van der Waals surface area (Å²) in [5.41, 5.74) is 2.16. The van der Waals surface area contributed by atoms with E-state index in [-0.39, 0.29) is 17.4 Å². The number of phenols is 2. The van der Waals surface area contributed by atoms with E-state index in [2.05, 4.69) is 10.2 Å². The summed E-state index contributed by atoms with van der Waals surface area (Å²) in [5.74, 6) is -0.878. The fourth-order valence-electron chi connectivity index (χ4n) is 2.78. The lowest BCUT2D eigenvalue weighted by Crippen LogP contribution is -2.29. The Kier molecular flexibility index (Phi) is 4.37. The summed E-state index contributed by atoms with van der Waals surface area (Å²) >= 11 is 0. The molecule has 1 fully saturated rings. The summed E-state index contributed by atoms with van der Waals surface area (Å²) < 4.78 is 0. The van der Waals surface area contributed by atoms with Crippen LogP contribution in [0.25, 0.3) is 0 Å². The van der Waals surface area contributed by atoms with E-state index in [4.69, 9.17) is 0 Å². The van der Waals surface area contributed by atoms with Gasteiger partial charge in [0.2, 0.25) is 0 Å². The lowest BCUT2D eigenvalue weighted by atomic mass is 10.1. The number of amides is 1. The molecule has 1 saturated heterocycles. The van der Waals surface area contributed by atoms with E-state index < -0.39 is 0 Å². The number of nitrogens with zero attached hydrogens (tertiary/aromatic N) is 1. The number of benzene rings is 2. The molecule has 5 nitrogen and oxygen atoms in total. The molecule has 0 aromatic heterocycles. The number of anilines is 2. The van der Waals surface area contributed by atoms with E-state index in [9.17, 15) is 15.0 Å². The van der Waals surface area contributed by atoms with Crippen LogP contribution in [0.15, 0.2) is 42.5 Å². The highest BCUT2D eigenvalue weighted by Crippen LogP contribution is 2.26. The molecule has 120 valence electrons. The number of carbonyl (C=O) groups excluding carboxylic acids is 1. The van der Waals surface area contributed by atoms with E-state index in [0.29, 0.717) is 11.3 Å². The van der Waals surface area contributed by atoms with Crippen LogP contribution in [0.5, 0.6) is 11.5 Å². The maximum absolute atomic E-state index is 12.1. The standard InChI is InChI=1S/C18H20N2O3/c21-16-9-4-13(12-17(16)22)18(23)19-14-5-7-15(8-6-14)20-10-2-1-3-11-20/h4-9,12,21-22H,1-3,10-11H2,(H,19,23). The number of hydrogen-bond acceptors (Lipinski definition) is 4. The molecule has 0 atom stereocenters. The van der Waals surface area contributed by atoms with E-state index in [1.807, 2.05) is 24.3 Å². The largest absolute Gasteiger partial charge is 0.504 e. The van der Waals surface area contributed by atoms with Crippen LogP contribution >= 0.6 is 0 Å². The van der Waals surface area contributed by atoms with Gasteiger partial charge in [0, 0.05) is 30.0 Å². The van der Waals surface area contributed by atoms with Crippen molar-refractivity contribution in [3.05, 3.63) is 48.0 Å². The summed E-state index contributed by atoms with van der Waals surface area (Å²) in [6.45, 7) is 2.16. The minimum absolute atomic E-state index is 0.243. The Balaban J connectivity index is 1.67. The molecular weight excluding hydrogens is 292 g/mol. The Hall–Kier alpha value is -2.69. The Bertz CT molecular complexity index is 692. The molecule has 0 saturated carbocycles. The monoisotopic (exact) mass is 312 g/mol. The van der Waals surface area contributed by atoms with Crippen molar-refractivity contribution in [3.8, 4) is 11.5 Å². The van der Waals surface area contributed by atoms with E-state index in [1.165, 1.54) is 43.1 Å². The second kappa shape index (κ2) is 6.60. The molecule has 1 aliphatic heterocycles. The second-order valence-electron chi connectivity index (χ2n) is 5.75. The van der Waals surface area contributed by atoms with Crippen LogP contribution in [0, 0.1) is 0 Å². The number of phenolic OH excluding ortho intramolecular Hbond substituents is 2. The normalized spacial score (nSPS) is 14.5. The highest BCUT2D eigenvalue weighted by molar-refractivity contribution is 6.04. The Morgan fingerprint density at radius 2 is 1.61 bits per heavy atom. The Labute approximate surface area is 135 Å². The van der Waals surface area contributed by atoms with Gasteiger partial charge in [-0.25, -0.2) is 0 Å². The molecule has 5 heteroatoms. The Morgan fingerprint density at radius 3 is 2.26 bits per heavy atom. The molecular formula is C18H20N2O3. The zero-order chi connectivity index (χ0) is 16.2. The summed E-state index contributed by atoms with van der Waals surface area (Å²) in [7, 11) is 0. The minimum Gasteiger partial charge on any atom is -0.504 e. The van der Waals surface area contributed by atoms with Crippen LogP contribution in [-0.4, -0.2) is 29.2 Å². The number of rotatable bonds is 3. The van der Waals surface area contributed by atoms with Crippen LogP contribution in [0.3, 0.4) is 0 Å². The highest BCUT2D eigenvalue weighted by atomic mass is 16.3. The van der Waals surface area contributed by atoms with Gasteiger partial charge in [-0.1, -0.05) is 0 Å². The van der Waals surface area contributed by atoms with Crippen molar-refractivity contribution in [1.29, 1.82) is 0 Å². The summed E-state index contributed by atoms with van der Waals surface area (Å²) in [6.07, 6.45) is 3.75. The summed E-state index contributed by atoms with van der Waals surface area (Å²) in [6, 6.07) is 11.8. The zero-order valence-corrected chi connectivity index (χ0v) is 12.8. The molecule has 1 heterocycles. The summed E-state index contributed by atoms with van der Waals surface area (Å²) in [4.78, 5) is 14.5. The average molecular weight is 312 g/mol. The number of nitrogens with one attached hydrogen (secondary N) is 1. The average Bonchev–Trinajstić information content (AvgIpc) is 2.59. The zero-order valence-electron chi connectivity index (χ0n) is 12.8. The molecule has 0 bridgehead atoms. The first-order chi connectivity index (χ1) is 11.1. The van der Waals surface area contributed by atoms with Crippen molar-refractivity contribution < 1.29 is 15.0 Å². The third kappa shape index (κ3) is 3.56. The van der Waals surface area contributed by atoms with Gasteiger partial charge in [-0.05, 0) is 61.7 Å². The van der Waals surface area contributed by atoms with Crippen LogP contribution in [-0.2, 0) is 0 Å². The van der Waals surface area contributed by atoms with Crippen molar-refractivity contribution in [1.82, 2.24) is 0 Å². The third-order valence-corrected chi connectivity index (χ3v) is 4.08. The number of aromatic hydroxyl groups is 2. The van der Waals surface area contributed by atoms with Gasteiger partial charge in [0.15, 0.2) is 11.5 Å². The topological polar surface area (TPSA) is 72.8 Å². The molecule has 23 heavy (non-hydrogen) atoms.